The Hall–Kier alpha value is -2.63. The van der Waals surface area contributed by atoms with Crippen LogP contribution in [0.25, 0.3) is 0 Å². The largest absolute Gasteiger partial charge is 0.483 e. The van der Waals surface area contributed by atoms with Crippen molar-refractivity contribution < 1.29 is 9.53 Å². The Morgan fingerprint density at radius 3 is 2.63 bits per heavy atom. The van der Waals surface area contributed by atoms with Crippen molar-refractivity contribution in [1.29, 1.82) is 0 Å². The van der Waals surface area contributed by atoms with E-state index in [1.807, 2.05) is 24.3 Å². The molecule has 2 heterocycles. The quantitative estimate of drug-likeness (QED) is 0.813. The minimum atomic E-state index is -0.0663. The molecule has 0 aliphatic carbocycles. The molecule has 6 nitrogen and oxygen atoms in total. The van der Waals surface area contributed by atoms with Crippen LogP contribution in [-0.4, -0.2) is 41.6 Å². The molecule has 1 N–H and O–H groups in total. The summed E-state index contributed by atoms with van der Waals surface area (Å²) in [5, 5.41) is 3.09. The van der Waals surface area contributed by atoms with Gasteiger partial charge in [0, 0.05) is 31.5 Å². The third kappa shape index (κ3) is 5.18. The van der Waals surface area contributed by atoms with E-state index in [0.717, 1.165) is 49.6 Å². The topological polar surface area (TPSA) is 67.3 Å². The minimum Gasteiger partial charge on any atom is -0.483 e. The van der Waals surface area contributed by atoms with E-state index in [9.17, 15) is 4.79 Å². The van der Waals surface area contributed by atoms with Crippen LogP contribution in [-0.2, 0) is 4.79 Å². The molecule has 6 heteroatoms. The van der Waals surface area contributed by atoms with Crippen molar-refractivity contribution in [1.82, 2.24) is 15.3 Å². The van der Waals surface area contributed by atoms with Crippen molar-refractivity contribution in [3.8, 4) is 5.75 Å². The molecule has 0 bridgehead atoms. The monoisotopic (exact) mass is 368 g/mol. The number of amides is 1. The van der Waals surface area contributed by atoms with Crippen LogP contribution in [0.2, 0.25) is 0 Å². The van der Waals surface area contributed by atoms with Crippen LogP contribution < -0.4 is 15.0 Å². The predicted octanol–water partition coefficient (Wildman–Crippen LogP) is 3.15. The van der Waals surface area contributed by atoms with Gasteiger partial charge in [-0.3, -0.25) is 4.79 Å². The number of anilines is 1. The van der Waals surface area contributed by atoms with Gasteiger partial charge in [0.25, 0.3) is 5.91 Å². The second-order valence-electron chi connectivity index (χ2n) is 7.01. The van der Waals surface area contributed by atoms with Crippen LogP contribution in [0.5, 0.6) is 5.75 Å². The number of hydrogen-bond acceptors (Lipinski definition) is 5. The van der Waals surface area contributed by atoms with Gasteiger partial charge in [0.15, 0.2) is 6.61 Å². The van der Waals surface area contributed by atoms with Gasteiger partial charge in [0.1, 0.15) is 5.75 Å². The zero-order valence-corrected chi connectivity index (χ0v) is 16.1. The Morgan fingerprint density at radius 1 is 1.22 bits per heavy atom. The van der Waals surface area contributed by atoms with Crippen LogP contribution >= 0.6 is 0 Å². The minimum absolute atomic E-state index is 0.0510. The zero-order valence-electron chi connectivity index (χ0n) is 16.1. The Balaban J connectivity index is 1.46. The van der Waals surface area contributed by atoms with E-state index in [2.05, 4.69) is 40.1 Å². The van der Waals surface area contributed by atoms with Gasteiger partial charge in [-0.1, -0.05) is 32.0 Å². The van der Waals surface area contributed by atoms with Crippen LogP contribution in [0.1, 0.15) is 44.6 Å². The van der Waals surface area contributed by atoms with Gasteiger partial charge in [0.05, 0.1) is 0 Å². The molecule has 1 aromatic carbocycles. The normalized spacial score (nSPS) is 16.0. The number of hydrogen-bond donors (Lipinski definition) is 1. The highest BCUT2D eigenvalue weighted by Gasteiger charge is 2.22. The van der Waals surface area contributed by atoms with E-state index in [4.69, 9.17) is 4.74 Å². The van der Waals surface area contributed by atoms with Crippen LogP contribution in [0, 0.1) is 0 Å². The number of ether oxygens (including phenoxy) is 1. The summed E-state index contributed by atoms with van der Waals surface area (Å²) in [6.45, 7) is 6.06. The fourth-order valence-electron chi connectivity index (χ4n) is 3.33. The lowest BCUT2D eigenvalue weighted by molar-refractivity contribution is -0.123. The summed E-state index contributed by atoms with van der Waals surface area (Å²) >= 11 is 0. The molecule has 1 unspecified atom stereocenters. The summed E-state index contributed by atoms with van der Waals surface area (Å²) in [6.07, 6.45) is 6.31. The third-order valence-electron chi connectivity index (χ3n) is 5.12. The Kier molecular flexibility index (Phi) is 6.63. The molecule has 1 aromatic heterocycles. The highest BCUT2D eigenvalue weighted by atomic mass is 16.5. The lowest BCUT2D eigenvalue weighted by Gasteiger charge is -2.32. The van der Waals surface area contributed by atoms with Gasteiger partial charge in [-0.15, -0.1) is 0 Å². The van der Waals surface area contributed by atoms with E-state index in [1.165, 1.54) is 0 Å². The van der Waals surface area contributed by atoms with Crippen molar-refractivity contribution in [3.63, 3.8) is 0 Å². The van der Waals surface area contributed by atoms with Crippen molar-refractivity contribution in [2.75, 3.05) is 24.6 Å². The smallest absolute Gasteiger partial charge is 0.258 e. The van der Waals surface area contributed by atoms with Gasteiger partial charge in [-0.25, -0.2) is 9.97 Å². The number of aromatic nitrogens is 2. The average Bonchev–Trinajstić information content (AvgIpc) is 2.73. The van der Waals surface area contributed by atoms with E-state index in [-0.39, 0.29) is 18.6 Å². The molecule has 0 saturated carbocycles. The van der Waals surface area contributed by atoms with Gasteiger partial charge in [-0.05, 0) is 42.9 Å². The highest BCUT2D eigenvalue weighted by Crippen LogP contribution is 2.28. The zero-order chi connectivity index (χ0) is 19.1. The molecule has 0 spiro atoms. The van der Waals surface area contributed by atoms with Crippen molar-refractivity contribution in [2.24, 2.45) is 0 Å². The Morgan fingerprint density at radius 2 is 1.93 bits per heavy atom. The van der Waals surface area contributed by atoms with Crippen molar-refractivity contribution in [2.45, 2.75) is 45.1 Å². The summed E-state index contributed by atoms with van der Waals surface area (Å²) < 4.78 is 5.81. The van der Waals surface area contributed by atoms with E-state index in [0.29, 0.717) is 5.92 Å². The van der Waals surface area contributed by atoms with Crippen LogP contribution in [0.4, 0.5) is 5.95 Å². The highest BCUT2D eigenvalue weighted by molar-refractivity contribution is 5.78. The summed E-state index contributed by atoms with van der Waals surface area (Å²) in [7, 11) is 0. The summed E-state index contributed by atoms with van der Waals surface area (Å²) in [4.78, 5) is 23.0. The fourth-order valence-corrected chi connectivity index (χ4v) is 3.33. The number of nitrogens with one attached hydrogen (secondary N) is 1. The summed E-state index contributed by atoms with van der Waals surface area (Å²) in [5.41, 5.74) is 1.16. The third-order valence-corrected chi connectivity index (χ3v) is 5.12. The Labute approximate surface area is 161 Å². The number of carbonyl (C=O) groups is 1. The van der Waals surface area contributed by atoms with E-state index >= 15 is 0 Å². The first-order valence-electron chi connectivity index (χ1n) is 9.70. The van der Waals surface area contributed by atoms with Crippen LogP contribution in [0.15, 0.2) is 42.7 Å². The maximum atomic E-state index is 12.3. The number of nitrogens with zero attached hydrogens (tertiary/aromatic N) is 3. The van der Waals surface area contributed by atoms with Crippen molar-refractivity contribution in [3.05, 3.63) is 48.3 Å². The standard InChI is InChI=1S/C21H28N4O2/c1-3-16(2)18-7-4-5-8-19(18)27-15-20(26)24-17-9-13-25(14-10-17)21-22-11-6-12-23-21/h4-8,11-12,16-17H,3,9-10,13-15H2,1-2H3,(H,24,26). The van der Waals surface area contributed by atoms with E-state index < -0.39 is 0 Å². The van der Waals surface area contributed by atoms with E-state index in [1.54, 1.807) is 12.4 Å². The number of rotatable bonds is 7. The molecular formula is C21H28N4O2. The molecule has 1 aliphatic heterocycles. The predicted molar refractivity (Wildman–Crippen MR) is 106 cm³/mol. The molecule has 3 rings (SSSR count). The molecule has 1 amide bonds. The second kappa shape index (κ2) is 9.35. The molecule has 1 aliphatic rings. The number of piperidine rings is 1. The number of para-hydroxylation sites is 1. The summed E-state index contributed by atoms with van der Waals surface area (Å²) in [6, 6.07) is 9.95. The molecule has 1 atom stereocenters. The maximum Gasteiger partial charge on any atom is 0.258 e. The second-order valence-corrected chi connectivity index (χ2v) is 7.01. The lowest BCUT2D eigenvalue weighted by atomic mass is 9.98. The molecule has 2 aromatic rings. The van der Waals surface area contributed by atoms with Crippen molar-refractivity contribution >= 4 is 11.9 Å². The maximum absolute atomic E-state index is 12.3. The first-order valence-corrected chi connectivity index (χ1v) is 9.70. The first kappa shape index (κ1) is 19.1. The average molecular weight is 368 g/mol. The number of benzene rings is 1. The van der Waals surface area contributed by atoms with Gasteiger partial charge in [-0.2, -0.15) is 0 Å². The lowest BCUT2D eigenvalue weighted by Crippen LogP contribution is -2.46. The molecular weight excluding hydrogens is 340 g/mol. The molecule has 1 saturated heterocycles. The molecule has 144 valence electrons. The Bertz CT molecular complexity index is 730. The molecule has 1 fully saturated rings. The van der Waals surface area contributed by atoms with Gasteiger partial charge < -0.3 is 15.0 Å². The SMILES string of the molecule is CCC(C)c1ccccc1OCC(=O)NC1CCN(c2ncccn2)CC1. The molecule has 27 heavy (non-hydrogen) atoms. The fraction of sp³-hybridized carbons (Fsp3) is 0.476. The molecule has 0 radical (unpaired) electrons. The summed E-state index contributed by atoms with van der Waals surface area (Å²) in [5.74, 6) is 1.91. The number of carbonyl (C=O) groups excluding carboxylic acids is 1. The first-order chi connectivity index (χ1) is 13.2. The van der Waals surface area contributed by atoms with Gasteiger partial charge >= 0.3 is 0 Å². The van der Waals surface area contributed by atoms with Gasteiger partial charge in [0.2, 0.25) is 5.95 Å². The van der Waals surface area contributed by atoms with Crippen LogP contribution in [0.3, 0.4) is 0 Å².